The summed E-state index contributed by atoms with van der Waals surface area (Å²) in [6.07, 6.45) is 0.197. The molecule has 0 fully saturated rings. The molecule has 0 aliphatic carbocycles. The quantitative estimate of drug-likeness (QED) is 0.833. The SMILES string of the molecule is CCC(C)(C)NC(=O)COc1cc(Br)ccc1[C@@H](C)O. The molecule has 2 N–H and O–H groups in total. The maximum absolute atomic E-state index is 11.8. The Hall–Kier alpha value is -1.07. The van der Waals surface area contributed by atoms with Crippen LogP contribution in [0.5, 0.6) is 5.75 Å². The van der Waals surface area contributed by atoms with E-state index in [0.717, 1.165) is 10.9 Å². The second kappa shape index (κ2) is 7.09. The van der Waals surface area contributed by atoms with E-state index in [1.807, 2.05) is 26.8 Å². The predicted molar refractivity (Wildman–Crippen MR) is 82.8 cm³/mol. The van der Waals surface area contributed by atoms with Crippen LogP contribution >= 0.6 is 15.9 Å². The summed E-state index contributed by atoms with van der Waals surface area (Å²) in [5.74, 6) is 0.340. The largest absolute Gasteiger partial charge is 0.483 e. The van der Waals surface area contributed by atoms with Crippen molar-refractivity contribution in [2.45, 2.75) is 45.8 Å². The minimum absolute atomic E-state index is 0.0698. The number of ether oxygens (including phenoxy) is 1. The Kier molecular flexibility index (Phi) is 6.02. The number of hydrogen-bond acceptors (Lipinski definition) is 3. The number of amides is 1. The van der Waals surface area contributed by atoms with Crippen molar-refractivity contribution in [2.75, 3.05) is 6.61 Å². The van der Waals surface area contributed by atoms with Crippen LogP contribution in [0.1, 0.15) is 45.8 Å². The number of nitrogens with one attached hydrogen (secondary N) is 1. The van der Waals surface area contributed by atoms with E-state index >= 15 is 0 Å². The van der Waals surface area contributed by atoms with Crippen molar-refractivity contribution in [2.24, 2.45) is 0 Å². The Balaban J connectivity index is 2.70. The van der Waals surface area contributed by atoms with Gasteiger partial charge in [-0.05, 0) is 39.3 Å². The number of carbonyl (C=O) groups is 1. The smallest absolute Gasteiger partial charge is 0.258 e. The van der Waals surface area contributed by atoms with Gasteiger partial charge in [-0.3, -0.25) is 4.79 Å². The topological polar surface area (TPSA) is 58.6 Å². The van der Waals surface area contributed by atoms with Crippen molar-refractivity contribution in [3.05, 3.63) is 28.2 Å². The number of halogens is 1. The van der Waals surface area contributed by atoms with E-state index in [1.165, 1.54) is 0 Å². The fourth-order valence-electron chi connectivity index (χ4n) is 1.62. The van der Waals surface area contributed by atoms with Crippen LogP contribution < -0.4 is 10.1 Å². The van der Waals surface area contributed by atoms with Crippen LogP contribution in [-0.4, -0.2) is 23.2 Å². The van der Waals surface area contributed by atoms with Crippen molar-refractivity contribution < 1.29 is 14.6 Å². The summed E-state index contributed by atoms with van der Waals surface area (Å²) in [5.41, 5.74) is 0.418. The predicted octanol–water partition coefficient (Wildman–Crippen LogP) is 3.19. The molecular weight excluding hydrogens is 322 g/mol. The van der Waals surface area contributed by atoms with E-state index in [1.54, 1.807) is 19.1 Å². The molecule has 0 aliphatic heterocycles. The van der Waals surface area contributed by atoms with Gasteiger partial charge in [-0.15, -0.1) is 0 Å². The minimum atomic E-state index is -0.645. The standard InChI is InChI=1S/C15H22BrNO3/c1-5-15(3,4)17-14(19)9-20-13-8-11(16)6-7-12(13)10(2)18/h6-8,10,18H,5,9H2,1-4H3,(H,17,19)/t10-/m1/s1. The molecule has 0 bridgehead atoms. The second-order valence-electron chi connectivity index (χ2n) is 5.43. The first-order valence-electron chi connectivity index (χ1n) is 6.66. The lowest BCUT2D eigenvalue weighted by molar-refractivity contribution is -0.124. The van der Waals surface area contributed by atoms with Crippen LogP contribution in [0.2, 0.25) is 0 Å². The summed E-state index contributed by atoms with van der Waals surface area (Å²) in [5, 5.41) is 12.6. The fourth-order valence-corrected chi connectivity index (χ4v) is 1.96. The molecule has 1 amide bonds. The highest BCUT2D eigenvalue weighted by molar-refractivity contribution is 9.10. The Morgan fingerprint density at radius 2 is 2.15 bits per heavy atom. The first kappa shape index (κ1) is 17.0. The van der Waals surface area contributed by atoms with E-state index < -0.39 is 6.10 Å². The van der Waals surface area contributed by atoms with Gasteiger partial charge in [0.1, 0.15) is 5.75 Å². The number of aliphatic hydroxyl groups is 1. The normalized spacial score (nSPS) is 12.9. The third-order valence-corrected chi connectivity index (χ3v) is 3.64. The molecule has 0 aliphatic rings. The van der Waals surface area contributed by atoms with Crippen molar-refractivity contribution in [1.29, 1.82) is 0 Å². The first-order chi connectivity index (χ1) is 9.25. The summed E-state index contributed by atoms with van der Waals surface area (Å²) >= 11 is 3.35. The van der Waals surface area contributed by atoms with Gasteiger partial charge in [-0.1, -0.05) is 28.9 Å². The molecule has 0 spiro atoms. The number of carbonyl (C=O) groups excluding carboxylic acids is 1. The van der Waals surface area contributed by atoms with E-state index in [4.69, 9.17) is 4.74 Å². The van der Waals surface area contributed by atoms with Crippen LogP contribution in [0.15, 0.2) is 22.7 Å². The maximum atomic E-state index is 11.8. The molecule has 1 rings (SSSR count). The molecule has 1 aromatic carbocycles. The van der Waals surface area contributed by atoms with Crippen molar-refractivity contribution in [1.82, 2.24) is 5.32 Å². The van der Waals surface area contributed by atoms with Crippen molar-refractivity contribution >= 4 is 21.8 Å². The van der Waals surface area contributed by atoms with Crippen LogP contribution in [-0.2, 0) is 4.79 Å². The summed E-state index contributed by atoms with van der Waals surface area (Å²) in [7, 11) is 0. The van der Waals surface area contributed by atoms with Gasteiger partial charge < -0.3 is 15.2 Å². The number of hydrogen-bond donors (Lipinski definition) is 2. The van der Waals surface area contributed by atoms with Gasteiger partial charge in [-0.25, -0.2) is 0 Å². The zero-order valence-electron chi connectivity index (χ0n) is 12.4. The van der Waals surface area contributed by atoms with Gasteiger partial charge in [0, 0.05) is 15.6 Å². The molecule has 4 nitrogen and oxygen atoms in total. The third-order valence-electron chi connectivity index (χ3n) is 3.15. The van der Waals surface area contributed by atoms with Gasteiger partial charge in [0.15, 0.2) is 6.61 Å². The molecular formula is C15H22BrNO3. The molecule has 0 radical (unpaired) electrons. The second-order valence-corrected chi connectivity index (χ2v) is 6.35. The Morgan fingerprint density at radius 3 is 2.70 bits per heavy atom. The molecule has 0 saturated heterocycles. The van der Waals surface area contributed by atoms with E-state index in [-0.39, 0.29) is 18.1 Å². The van der Waals surface area contributed by atoms with Crippen LogP contribution in [0.4, 0.5) is 0 Å². The van der Waals surface area contributed by atoms with Crippen LogP contribution in [0, 0.1) is 0 Å². The van der Waals surface area contributed by atoms with Gasteiger partial charge in [0.05, 0.1) is 6.10 Å². The molecule has 1 aromatic rings. The van der Waals surface area contributed by atoms with Gasteiger partial charge >= 0.3 is 0 Å². The number of rotatable bonds is 6. The van der Waals surface area contributed by atoms with E-state index in [0.29, 0.717) is 11.3 Å². The molecule has 0 unspecified atom stereocenters. The summed E-state index contributed by atoms with van der Waals surface area (Å²) in [6.45, 7) is 7.54. The van der Waals surface area contributed by atoms with Gasteiger partial charge in [0.2, 0.25) is 0 Å². The summed E-state index contributed by atoms with van der Waals surface area (Å²) < 4.78 is 6.37. The average molecular weight is 344 g/mol. The highest BCUT2D eigenvalue weighted by atomic mass is 79.9. The zero-order chi connectivity index (χ0) is 15.3. The average Bonchev–Trinajstić information content (AvgIpc) is 2.35. The highest BCUT2D eigenvalue weighted by Gasteiger charge is 2.18. The van der Waals surface area contributed by atoms with Crippen LogP contribution in [0.25, 0.3) is 0 Å². The monoisotopic (exact) mass is 343 g/mol. The zero-order valence-corrected chi connectivity index (χ0v) is 14.0. The highest BCUT2D eigenvalue weighted by Crippen LogP contribution is 2.28. The summed E-state index contributed by atoms with van der Waals surface area (Å²) in [6, 6.07) is 5.35. The van der Waals surface area contributed by atoms with Crippen molar-refractivity contribution in [3.8, 4) is 5.75 Å². The Bertz CT molecular complexity index is 472. The van der Waals surface area contributed by atoms with Gasteiger partial charge in [0.25, 0.3) is 5.91 Å². The number of benzene rings is 1. The number of aliphatic hydroxyl groups excluding tert-OH is 1. The lowest BCUT2D eigenvalue weighted by Crippen LogP contribution is -2.44. The van der Waals surface area contributed by atoms with E-state index in [9.17, 15) is 9.90 Å². The van der Waals surface area contributed by atoms with Crippen LogP contribution in [0.3, 0.4) is 0 Å². The molecule has 20 heavy (non-hydrogen) atoms. The molecule has 112 valence electrons. The Labute approximate surface area is 128 Å². The molecule has 0 aromatic heterocycles. The Morgan fingerprint density at radius 1 is 1.50 bits per heavy atom. The van der Waals surface area contributed by atoms with E-state index in [2.05, 4.69) is 21.2 Å². The van der Waals surface area contributed by atoms with Crippen molar-refractivity contribution in [3.63, 3.8) is 0 Å². The first-order valence-corrected chi connectivity index (χ1v) is 7.46. The molecule has 0 heterocycles. The third kappa shape index (κ3) is 5.13. The fraction of sp³-hybridized carbons (Fsp3) is 0.533. The minimum Gasteiger partial charge on any atom is -0.483 e. The maximum Gasteiger partial charge on any atom is 0.258 e. The van der Waals surface area contributed by atoms with Gasteiger partial charge in [-0.2, -0.15) is 0 Å². The summed E-state index contributed by atoms with van der Waals surface area (Å²) in [4.78, 5) is 11.8. The molecule has 0 saturated carbocycles. The lowest BCUT2D eigenvalue weighted by atomic mass is 10.0. The lowest BCUT2D eigenvalue weighted by Gasteiger charge is -2.24. The molecule has 5 heteroatoms. The molecule has 1 atom stereocenters.